The molecule has 38 heavy (non-hydrogen) atoms. The number of Topliss-reactive ketones (excluding diaryl/α,β-unsaturated/α-hetero) is 1. The summed E-state index contributed by atoms with van der Waals surface area (Å²) in [7, 11) is 1.53. The second-order valence-electron chi connectivity index (χ2n) is 8.55. The lowest BCUT2D eigenvalue weighted by atomic mass is 9.96. The van der Waals surface area contributed by atoms with Crippen molar-refractivity contribution in [3.8, 4) is 5.75 Å². The fourth-order valence-corrected chi connectivity index (χ4v) is 5.52. The van der Waals surface area contributed by atoms with Gasteiger partial charge in [-0.05, 0) is 50.6 Å². The number of carbonyl (C=O) groups is 3. The van der Waals surface area contributed by atoms with Crippen LogP contribution in [0.25, 0.3) is 11.4 Å². The van der Waals surface area contributed by atoms with Crippen molar-refractivity contribution < 1.29 is 29.0 Å². The standard InChI is InChI=1S/C27H24N4O6S/c1-5-37-26(35)24-15(3)29-27(38-24)31-21(16-9-11-17(36-4)12-10-16)19(23(33)25(31)34)22(32)20-14(2)28-18-8-6-7-13-30(18)20/h6-13,21,32H,5H2,1-4H3. The number of fused-ring (bicyclic) bond motifs is 1. The highest BCUT2D eigenvalue weighted by Gasteiger charge is 2.49. The molecule has 1 unspecified atom stereocenters. The number of thiazole rings is 1. The van der Waals surface area contributed by atoms with Gasteiger partial charge in [-0.15, -0.1) is 0 Å². The average Bonchev–Trinajstić information content (AvgIpc) is 3.54. The van der Waals surface area contributed by atoms with Gasteiger partial charge in [0.05, 0.1) is 36.7 Å². The van der Waals surface area contributed by atoms with Crippen LogP contribution in [-0.4, -0.2) is 50.9 Å². The molecule has 10 nitrogen and oxygen atoms in total. The summed E-state index contributed by atoms with van der Waals surface area (Å²) in [4.78, 5) is 49.8. The molecule has 4 aromatic rings. The molecule has 1 aromatic carbocycles. The summed E-state index contributed by atoms with van der Waals surface area (Å²) in [6.07, 6.45) is 1.72. The van der Waals surface area contributed by atoms with E-state index in [1.807, 2.05) is 6.07 Å². The van der Waals surface area contributed by atoms with Gasteiger partial charge in [-0.2, -0.15) is 0 Å². The van der Waals surface area contributed by atoms with E-state index in [4.69, 9.17) is 9.47 Å². The van der Waals surface area contributed by atoms with Gasteiger partial charge in [-0.3, -0.25) is 18.9 Å². The third kappa shape index (κ3) is 4.01. The molecule has 1 atom stereocenters. The predicted octanol–water partition coefficient (Wildman–Crippen LogP) is 4.22. The largest absolute Gasteiger partial charge is 0.505 e. The lowest BCUT2D eigenvalue weighted by Gasteiger charge is -2.23. The first-order valence-electron chi connectivity index (χ1n) is 11.8. The molecule has 0 saturated carbocycles. The van der Waals surface area contributed by atoms with E-state index in [0.717, 1.165) is 11.3 Å². The number of ether oxygens (including phenoxy) is 2. The highest BCUT2D eigenvalue weighted by molar-refractivity contribution is 7.17. The Morgan fingerprint density at radius 3 is 2.50 bits per heavy atom. The maximum absolute atomic E-state index is 13.5. The second-order valence-corrected chi connectivity index (χ2v) is 9.53. The van der Waals surface area contributed by atoms with Crippen LogP contribution in [0.3, 0.4) is 0 Å². The zero-order valence-electron chi connectivity index (χ0n) is 21.1. The van der Waals surface area contributed by atoms with Crippen LogP contribution in [-0.2, 0) is 14.3 Å². The van der Waals surface area contributed by atoms with Crippen molar-refractivity contribution in [2.24, 2.45) is 0 Å². The number of rotatable bonds is 6. The average molecular weight is 533 g/mol. The van der Waals surface area contributed by atoms with Crippen molar-refractivity contribution in [3.63, 3.8) is 0 Å². The minimum atomic E-state index is -1.02. The third-order valence-corrected chi connectivity index (χ3v) is 7.39. The molecule has 5 rings (SSSR count). The van der Waals surface area contributed by atoms with E-state index in [1.54, 1.807) is 67.8 Å². The topological polar surface area (TPSA) is 123 Å². The van der Waals surface area contributed by atoms with Crippen molar-refractivity contribution in [3.05, 3.63) is 81.8 Å². The highest BCUT2D eigenvalue weighted by atomic mass is 32.1. The number of aliphatic hydroxyl groups is 1. The normalized spacial score (nSPS) is 16.8. The maximum atomic E-state index is 13.5. The Balaban J connectivity index is 1.73. The van der Waals surface area contributed by atoms with Gasteiger partial charge in [-0.25, -0.2) is 14.8 Å². The fourth-order valence-electron chi connectivity index (χ4n) is 4.53. The quantitative estimate of drug-likeness (QED) is 0.169. The van der Waals surface area contributed by atoms with Crippen LogP contribution < -0.4 is 9.64 Å². The van der Waals surface area contributed by atoms with Gasteiger partial charge >= 0.3 is 11.9 Å². The van der Waals surface area contributed by atoms with Crippen molar-refractivity contribution in [2.75, 3.05) is 18.6 Å². The molecular weight excluding hydrogens is 508 g/mol. The number of amides is 1. The lowest BCUT2D eigenvalue weighted by molar-refractivity contribution is -0.132. The van der Waals surface area contributed by atoms with E-state index >= 15 is 0 Å². The Labute approximate surface area is 221 Å². The molecule has 194 valence electrons. The van der Waals surface area contributed by atoms with Crippen LogP contribution in [0.1, 0.15) is 45.3 Å². The molecule has 0 aliphatic carbocycles. The summed E-state index contributed by atoms with van der Waals surface area (Å²) in [5.74, 6) is -2.09. The Kier molecular flexibility index (Phi) is 6.45. The molecule has 1 fully saturated rings. The number of anilines is 1. The van der Waals surface area contributed by atoms with Gasteiger partial charge in [0.1, 0.15) is 22.0 Å². The number of pyridine rings is 1. The molecule has 1 saturated heterocycles. The van der Waals surface area contributed by atoms with E-state index in [9.17, 15) is 19.5 Å². The molecule has 0 bridgehead atoms. The SMILES string of the molecule is CCOC(=O)c1sc(N2C(=O)C(=O)C(=C(O)c3c(C)nc4ccccn34)C2c2ccc(OC)cc2)nc1C. The monoisotopic (exact) mass is 532 g/mol. The van der Waals surface area contributed by atoms with Crippen molar-refractivity contribution >= 4 is 45.5 Å². The summed E-state index contributed by atoms with van der Waals surface area (Å²) in [5.41, 5.74) is 2.18. The van der Waals surface area contributed by atoms with E-state index in [1.165, 1.54) is 12.0 Å². The smallest absolute Gasteiger partial charge is 0.350 e. The molecular formula is C27H24N4O6S. The number of aryl methyl sites for hydroxylation is 2. The van der Waals surface area contributed by atoms with Crippen LogP contribution in [0.4, 0.5) is 5.13 Å². The van der Waals surface area contributed by atoms with E-state index in [0.29, 0.717) is 34.0 Å². The van der Waals surface area contributed by atoms with Gasteiger partial charge in [-0.1, -0.05) is 29.5 Å². The number of hydrogen-bond acceptors (Lipinski definition) is 9. The molecule has 0 radical (unpaired) electrons. The van der Waals surface area contributed by atoms with Gasteiger partial charge < -0.3 is 14.6 Å². The molecule has 0 spiro atoms. The van der Waals surface area contributed by atoms with Gasteiger partial charge in [0, 0.05) is 6.20 Å². The minimum Gasteiger partial charge on any atom is -0.505 e. The van der Waals surface area contributed by atoms with Gasteiger partial charge in [0.15, 0.2) is 10.9 Å². The van der Waals surface area contributed by atoms with Crippen LogP contribution in [0.2, 0.25) is 0 Å². The van der Waals surface area contributed by atoms with Gasteiger partial charge in [0.2, 0.25) is 0 Å². The highest BCUT2D eigenvalue weighted by Crippen LogP contribution is 2.44. The second kappa shape index (κ2) is 9.75. The first-order valence-corrected chi connectivity index (χ1v) is 12.6. The van der Waals surface area contributed by atoms with Crippen LogP contribution in [0.5, 0.6) is 5.75 Å². The van der Waals surface area contributed by atoms with Crippen LogP contribution >= 0.6 is 11.3 Å². The minimum absolute atomic E-state index is 0.112. The fraction of sp³-hybridized carbons (Fsp3) is 0.222. The van der Waals surface area contributed by atoms with Crippen LogP contribution in [0.15, 0.2) is 54.2 Å². The molecule has 1 aliphatic rings. The number of esters is 1. The van der Waals surface area contributed by atoms with Crippen molar-refractivity contribution in [1.82, 2.24) is 14.4 Å². The number of nitrogens with zero attached hydrogens (tertiary/aromatic N) is 4. The number of imidazole rings is 1. The van der Waals surface area contributed by atoms with E-state index < -0.39 is 23.7 Å². The maximum Gasteiger partial charge on any atom is 0.350 e. The van der Waals surface area contributed by atoms with Gasteiger partial charge in [0.25, 0.3) is 5.78 Å². The number of methoxy groups -OCH3 is 1. The summed E-state index contributed by atoms with van der Waals surface area (Å²) in [6.45, 7) is 5.23. The molecule has 3 aromatic heterocycles. The van der Waals surface area contributed by atoms with Crippen LogP contribution in [0, 0.1) is 13.8 Å². The first-order chi connectivity index (χ1) is 18.3. The number of aromatic nitrogens is 3. The number of aliphatic hydroxyl groups excluding tert-OH is 1. The Hall–Kier alpha value is -4.51. The molecule has 1 amide bonds. The number of carbonyl (C=O) groups excluding carboxylic acids is 3. The zero-order chi connectivity index (χ0) is 27.1. The Bertz CT molecular complexity index is 1620. The molecule has 4 heterocycles. The van der Waals surface area contributed by atoms with Crippen molar-refractivity contribution in [2.45, 2.75) is 26.8 Å². The van der Waals surface area contributed by atoms with E-state index in [2.05, 4.69) is 9.97 Å². The predicted molar refractivity (Wildman–Crippen MR) is 141 cm³/mol. The van der Waals surface area contributed by atoms with Crippen molar-refractivity contribution in [1.29, 1.82) is 0 Å². The summed E-state index contributed by atoms with van der Waals surface area (Å²) in [5, 5.41) is 11.7. The third-order valence-electron chi connectivity index (χ3n) is 6.26. The molecule has 1 aliphatic heterocycles. The lowest BCUT2D eigenvalue weighted by Crippen LogP contribution is -2.29. The van der Waals surface area contributed by atoms with E-state index in [-0.39, 0.29) is 27.9 Å². The number of benzene rings is 1. The summed E-state index contributed by atoms with van der Waals surface area (Å²) in [6, 6.07) is 11.2. The number of ketones is 1. The zero-order valence-corrected chi connectivity index (χ0v) is 21.9. The molecule has 11 heteroatoms. The first kappa shape index (κ1) is 25.2. The Morgan fingerprint density at radius 2 is 1.82 bits per heavy atom. The molecule has 1 N–H and O–H groups in total. The summed E-state index contributed by atoms with van der Waals surface area (Å²) < 4.78 is 12.1. The summed E-state index contributed by atoms with van der Waals surface area (Å²) >= 11 is 0.954. The number of hydrogen-bond donors (Lipinski definition) is 1. The Morgan fingerprint density at radius 1 is 1.08 bits per heavy atom.